The second-order valence-electron chi connectivity index (χ2n) is 2.51. The Kier molecular flexibility index (Phi) is 0.701. The number of benzene rings is 1. The number of carbonyl (C=O) groups is 1. The molecule has 3 heterocycles. The van der Waals surface area contributed by atoms with Crippen molar-refractivity contribution in [2.75, 3.05) is 0 Å². The minimum Gasteiger partial charge on any atom is -0.448 e. The summed E-state index contributed by atoms with van der Waals surface area (Å²) in [6, 6.07) is 1.46. The highest BCUT2D eigenvalue weighted by Gasteiger charge is 2.37. The Labute approximate surface area is 65.2 Å². The predicted molar refractivity (Wildman–Crippen MR) is 37.6 cm³/mol. The van der Waals surface area contributed by atoms with Gasteiger partial charge in [0, 0.05) is 11.2 Å². The minimum atomic E-state index is -0.818. The molecule has 0 saturated carbocycles. The second kappa shape index (κ2) is 1.47. The number of amides is 1. The van der Waals surface area contributed by atoms with E-state index in [1.807, 2.05) is 0 Å². The maximum atomic E-state index is 10.8. The van der Waals surface area contributed by atoms with E-state index in [1.165, 1.54) is 6.07 Å². The van der Waals surface area contributed by atoms with Gasteiger partial charge in [0.05, 0.1) is 5.56 Å². The number of nitroso groups, excluding NO2 is 1. The lowest BCUT2D eigenvalue weighted by atomic mass is 10.2. The van der Waals surface area contributed by atoms with Crippen molar-refractivity contribution >= 4 is 17.1 Å². The fourth-order valence-corrected chi connectivity index (χ4v) is 1.27. The van der Waals surface area contributed by atoms with Crippen LogP contribution in [0.25, 0.3) is 11.2 Å². The molecule has 0 spiro atoms. The van der Waals surface area contributed by atoms with Crippen LogP contribution >= 0.6 is 0 Å². The molecule has 0 unspecified atom stereocenters. The van der Waals surface area contributed by atoms with Gasteiger partial charge in [0.25, 0.3) is 0 Å². The number of hydrogen-bond acceptors (Lipinski definition) is 4. The van der Waals surface area contributed by atoms with Crippen LogP contribution in [0.3, 0.4) is 0 Å². The molecule has 2 aromatic heterocycles. The Morgan fingerprint density at radius 1 is 1.42 bits per heavy atom. The van der Waals surface area contributed by atoms with Crippen molar-refractivity contribution in [3.8, 4) is 11.5 Å². The molecule has 0 saturated heterocycles. The van der Waals surface area contributed by atoms with Crippen LogP contribution in [0.5, 0.6) is 11.5 Å². The summed E-state index contributed by atoms with van der Waals surface area (Å²) in [4.78, 5) is 20.7. The number of fused-ring (bicyclic) bond motifs is 5. The van der Waals surface area contributed by atoms with Crippen molar-refractivity contribution < 1.29 is 13.9 Å². The summed E-state index contributed by atoms with van der Waals surface area (Å²) >= 11 is 0. The van der Waals surface area contributed by atoms with Crippen molar-refractivity contribution in [1.29, 1.82) is 0 Å². The van der Waals surface area contributed by atoms with Crippen molar-refractivity contribution in [1.82, 2.24) is 0 Å². The average molecular weight is 163 g/mol. The monoisotopic (exact) mass is 163 g/mol. The quantitative estimate of drug-likeness (QED) is 0.405. The lowest BCUT2D eigenvalue weighted by molar-refractivity contribution is 0.100. The summed E-state index contributed by atoms with van der Waals surface area (Å²) < 4.78 is 10.0. The van der Waals surface area contributed by atoms with E-state index in [1.54, 1.807) is 0 Å². The third-order valence-corrected chi connectivity index (χ3v) is 1.84. The van der Waals surface area contributed by atoms with E-state index < -0.39 is 5.91 Å². The Morgan fingerprint density at radius 2 is 2.25 bits per heavy atom. The summed E-state index contributed by atoms with van der Waals surface area (Å²) in [7, 11) is 0. The number of furan rings is 2. The zero-order valence-electron chi connectivity index (χ0n) is 5.66. The second-order valence-corrected chi connectivity index (χ2v) is 2.51. The van der Waals surface area contributed by atoms with Crippen molar-refractivity contribution in [2.45, 2.75) is 0 Å². The number of hydrogen-bond donors (Lipinski definition) is 0. The summed E-state index contributed by atoms with van der Waals surface area (Å²) in [5.74, 6) is 0.425. The molecule has 1 aliphatic heterocycles. The number of ether oxygens (including phenoxy) is 1. The van der Waals surface area contributed by atoms with Crippen LogP contribution in [0.15, 0.2) is 15.7 Å². The molecule has 2 aromatic rings. The molecular weight excluding hydrogens is 162 g/mol. The molecule has 1 amide bonds. The topological polar surface area (TPSA) is 72.2 Å². The van der Waals surface area contributed by atoms with E-state index in [0.29, 0.717) is 22.7 Å². The molecule has 12 heavy (non-hydrogen) atoms. The van der Waals surface area contributed by atoms with Crippen molar-refractivity contribution in [3.63, 3.8) is 0 Å². The highest BCUT2D eigenvalue weighted by atomic mass is 16.6. The first-order chi connectivity index (χ1) is 5.81. The highest BCUT2D eigenvalue weighted by Crippen LogP contribution is 2.57. The summed E-state index contributed by atoms with van der Waals surface area (Å²) in [5, 5.41) is 2.29. The molecular formula is C7HNO4. The SMILES string of the molecule is O=NC(=O)c1cc2oc1c1c2O1. The lowest BCUT2D eigenvalue weighted by Gasteiger charge is -1.81. The van der Waals surface area contributed by atoms with Gasteiger partial charge >= 0.3 is 5.91 Å². The van der Waals surface area contributed by atoms with Crippen LogP contribution in [0.1, 0.15) is 10.4 Å². The van der Waals surface area contributed by atoms with Crippen LogP contribution in [-0.4, -0.2) is 5.91 Å². The van der Waals surface area contributed by atoms with Gasteiger partial charge in [-0.25, -0.2) is 0 Å². The molecule has 0 fully saturated rings. The first kappa shape index (κ1) is 5.70. The minimum absolute atomic E-state index is 0.191. The van der Waals surface area contributed by atoms with Gasteiger partial charge in [-0.15, -0.1) is 4.91 Å². The molecule has 0 aromatic carbocycles. The zero-order valence-corrected chi connectivity index (χ0v) is 5.66. The van der Waals surface area contributed by atoms with Crippen LogP contribution in [0.4, 0.5) is 0 Å². The molecule has 5 heteroatoms. The van der Waals surface area contributed by atoms with Crippen LogP contribution < -0.4 is 4.74 Å². The molecule has 0 aliphatic carbocycles. The standard InChI is InChI=1S/C7HNO4/c9-7(8-10)2-1-3-5-6(12-5)4(2)11-3/h1H. The first-order valence-corrected chi connectivity index (χ1v) is 3.25. The van der Waals surface area contributed by atoms with Gasteiger partial charge in [0.1, 0.15) is 0 Å². The van der Waals surface area contributed by atoms with E-state index >= 15 is 0 Å². The molecule has 2 bridgehead atoms. The van der Waals surface area contributed by atoms with E-state index in [9.17, 15) is 9.70 Å². The first-order valence-electron chi connectivity index (χ1n) is 3.25. The molecule has 3 rings (SSSR count). The Balaban J connectivity index is 2.31. The Bertz CT molecular complexity index is 498. The van der Waals surface area contributed by atoms with Gasteiger partial charge in [0.15, 0.2) is 11.2 Å². The van der Waals surface area contributed by atoms with E-state index in [2.05, 4.69) is 5.18 Å². The van der Waals surface area contributed by atoms with Crippen LogP contribution in [-0.2, 0) is 0 Å². The van der Waals surface area contributed by atoms with Gasteiger partial charge < -0.3 is 9.15 Å². The molecule has 5 nitrogen and oxygen atoms in total. The maximum Gasteiger partial charge on any atom is 0.320 e. The molecule has 0 radical (unpaired) electrons. The highest BCUT2D eigenvalue weighted by molar-refractivity contribution is 6.08. The van der Waals surface area contributed by atoms with Crippen LogP contribution in [0, 0.1) is 4.91 Å². The molecule has 0 N–H and O–H groups in total. The van der Waals surface area contributed by atoms with Gasteiger partial charge in [0.2, 0.25) is 11.5 Å². The Morgan fingerprint density at radius 3 is 2.83 bits per heavy atom. The average Bonchev–Trinajstić information content (AvgIpc) is 2.71. The smallest absolute Gasteiger partial charge is 0.320 e. The van der Waals surface area contributed by atoms with E-state index in [0.717, 1.165) is 0 Å². The summed E-state index contributed by atoms with van der Waals surface area (Å²) in [6.45, 7) is 0. The lowest BCUT2D eigenvalue weighted by Crippen LogP contribution is -1.89. The van der Waals surface area contributed by atoms with Gasteiger partial charge in [-0.05, 0) is 0 Å². The van der Waals surface area contributed by atoms with E-state index in [-0.39, 0.29) is 5.56 Å². The normalized spacial score (nSPS) is 12.7. The molecule has 0 atom stereocenters. The van der Waals surface area contributed by atoms with Crippen LogP contribution in [0.2, 0.25) is 0 Å². The molecule has 1 aliphatic rings. The van der Waals surface area contributed by atoms with E-state index in [4.69, 9.17) is 9.15 Å². The maximum absolute atomic E-state index is 10.8. The largest absolute Gasteiger partial charge is 0.448 e. The number of carbonyl (C=O) groups excluding carboxylic acids is 1. The fraction of sp³-hybridized carbons (Fsp3) is 0. The molecule has 58 valence electrons. The zero-order chi connectivity index (χ0) is 8.29. The number of nitrogens with zero attached hydrogens (tertiary/aromatic N) is 1. The van der Waals surface area contributed by atoms with Crippen molar-refractivity contribution in [2.24, 2.45) is 5.18 Å². The summed E-state index contributed by atoms with van der Waals surface area (Å²) in [5.41, 5.74) is 1.04. The predicted octanol–water partition coefficient (Wildman–Crippen LogP) is 1.88. The third kappa shape index (κ3) is 0.449. The van der Waals surface area contributed by atoms with Gasteiger partial charge in [-0.1, -0.05) is 0 Å². The Hall–Kier alpha value is -1.91. The third-order valence-electron chi connectivity index (χ3n) is 1.84. The number of rotatable bonds is 1. The summed E-state index contributed by atoms with van der Waals surface area (Å²) in [6.07, 6.45) is 0. The van der Waals surface area contributed by atoms with Gasteiger partial charge in [-0.2, -0.15) is 0 Å². The fourth-order valence-electron chi connectivity index (χ4n) is 1.27. The van der Waals surface area contributed by atoms with Gasteiger partial charge in [-0.3, -0.25) is 4.79 Å². The van der Waals surface area contributed by atoms with Crippen molar-refractivity contribution in [3.05, 3.63) is 16.5 Å².